The van der Waals surface area contributed by atoms with Gasteiger partial charge in [-0.15, -0.1) is 0 Å². The van der Waals surface area contributed by atoms with E-state index in [0.717, 1.165) is 22.9 Å². The van der Waals surface area contributed by atoms with Gasteiger partial charge in [0.15, 0.2) is 5.60 Å². The highest BCUT2D eigenvalue weighted by Crippen LogP contribution is 2.46. The number of halogens is 1. The lowest BCUT2D eigenvalue weighted by molar-refractivity contribution is -0.154. The van der Waals surface area contributed by atoms with Crippen LogP contribution in [-0.2, 0) is 15.1 Å². The lowest BCUT2D eigenvalue weighted by atomic mass is 9.81. The maximum absolute atomic E-state index is 13.0. The molecule has 0 saturated heterocycles. The summed E-state index contributed by atoms with van der Waals surface area (Å²) < 4.78 is 6.02. The van der Waals surface area contributed by atoms with Crippen LogP contribution in [0.25, 0.3) is 0 Å². The van der Waals surface area contributed by atoms with E-state index < -0.39 is 11.6 Å². The number of hydrogen-bond acceptors (Lipinski definition) is 4. The molecule has 3 nitrogen and oxygen atoms in total. The summed E-state index contributed by atoms with van der Waals surface area (Å²) in [6.07, 6.45) is 0.152. The van der Waals surface area contributed by atoms with Crippen LogP contribution in [0.3, 0.4) is 0 Å². The number of ether oxygens (including phenoxy) is 1. The topological polar surface area (TPSA) is 46.5 Å². The third kappa shape index (κ3) is 3.41. The van der Waals surface area contributed by atoms with E-state index in [0.29, 0.717) is 9.92 Å². The van der Waals surface area contributed by atoms with Gasteiger partial charge in [0, 0.05) is 16.0 Å². The van der Waals surface area contributed by atoms with Crippen LogP contribution in [0, 0.1) is 0 Å². The molecular weight excluding hydrogens is 392 g/mol. The second kappa shape index (κ2) is 7.74. The number of hydrogen-bond donors (Lipinski definition) is 1. The first-order chi connectivity index (χ1) is 13.6. The van der Waals surface area contributed by atoms with E-state index in [1.165, 1.54) is 0 Å². The lowest BCUT2D eigenvalue weighted by Gasteiger charge is -2.37. The predicted octanol–water partition coefficient (Wildman–Crippen LogP) is 6.09. The van der Waals surface area contributed by atoms with E-state index in [1.807, 2.05) is 72.8 Å². The largest absolute Gasteiger partial charge is 0.511 e. The SMILES string of the molecule is O=C1OC(c2ccccc2)(c2ccccc2)CC(O)=C1Sc1ccccc1Cl. The zero-order valence-corrected chi connectivity index (χ0v) is 16.4. The molecule has 5 heteroatoms. The Kier molecular flexibility index (Phi) is 5.16. The van der Waals surface area contributed by atoms with E-state index in [4.69, 9.17) is 16.3 Å². The molecule has 0 fully saturated rings. The highest BCUT2D eigenvalue weighted by molar-refractivity contribution is 8.04. The van der Waals surface area contributed by atoms with Gasteiger partial charge >= 0.3 is 5.97 Å². The van der Waals surface area contributed by atoms with Crippen LogP contribution < -0.4 is 0 Å². The van der Waals surface area contributed by atoms with Gasteiger partial charge in [-0.2, -0.15) is 0 Å². The summed E-state index contributed by atoms with van der Waals surface area (Å²) in [7, 11) is 0. The number of carbonyl (C=O) groups is 1. The summed E-state index contributed by atoms with van der Waals surface area (Å²) in [5, 5.41) is 11.4. The molecular formula is C23H17ClO3S. The minimum absolute atomic E-state index is 0.00567. The second-order valence-corrected chi connectivity index (χ2v) is 7.89. The predicted molar refractivity (Wildman–Crippen MR) is 111 cm³/mol. The quantitative estimate of drug-likeness (QED) is 0.530. The van der Waals surface area contributed by atoms with Crippen LogP contribution in [0.4, 0.5) is 0 Å². The Hall–Kier alpha value is -2.69. The summed E-state index contributed by atoms with van der Waals surface area (Å²) in [5.74, 6) is -0.574. The Bertz CT molecular complexity index is 992. The molecule has 1 heterocycles. The first-order valence-electron chi connectivity index (χ1n) is 8.79. The van der Waals surface area contributed by atoms with Gasteiger partial charge < -0.3 is 9.84 Å². The number of esters is 1. The maximum atomic E-state index is 13.0. The molecule has 1 aliphatic rings. The number of thioether (sulfide) groups is 1. The molecule has 3 aromatic rings. The smallest absolute Gasteiger partial charge is 0.349 e. The first-order valence-corrected chi connectivity index (χ1v) is 9.98. The van der Waals surface area contributed by atoms with Crippen molar-refractivity contribution in [1.82, 2.24) is 0 Å². The van der Waals surface area contributed by atoms with Gasteiger partial charge in [0.1, 0.15) is 10.7 Å². The van der Waals surface area contributed by atoms with Gasteiger partial charge in [0.05, 0.1) is 11.4 Å². The van der Waals surface area contributed by atoms with Gasteiger partial charge in [-0.1, -0.05) is 96.2 Å². The highest BCUT2D eigenvalue weighted by atomic mass is 35.5. The Balaban J connectivity index is 1.79. The third-order valence-corrected chi connectivity index (χ3v) is 6.28. The van der Waals surface area contributed by atoms with E-state index in [1.54, 1.807) is 12.1 Å². The third-order valence-electron chi connectivity index (χ3n) is 4.66. The van der Waals surface area contributed by atoms with Crippen LogP contribution in [0.15, 0.2) is 100 Å². The maximum Gasteiger partial charge on any atom is 0.349 e. The van der Waals surface area contributed by atoms with Gasteiger partial charge in [-0.25, -0.2) is 4.79 Å². The molecule has 1 aliphatic heterocycles. The van der Waals surface area contributed by atoms with Crippen LogP contribution in [-0.4, -0.2) is 11.1 Å². The monoisotopic (exact) mass is 408 g/mol. The minimum atomic E-state index is -1.08. The molecule has 1 N–H and O–H groups in total. The van der Waals surface area contributed by atoms with Crippen molar-refractivity contribution in [1.29, 1.82) is 0 Å². The Morgan fingerprint density at radius 3 is 1.93 bits per heavy atom. The second-order valence-electron chi connectivity index (χ2n) is 6.43. The number of carbonyl (C=O) groups excluding carboxylic acids is 1. The first kappa shape index (κ1) is 18.7. The van der Waals surface area contributed by atoms with E-state index in [2.05, 4.69) is 0 Å². The standard InChI is InChI=1S/C23H17ClO3S/c24-18-13-7-8-14-20(18)28-21-19(25)15-23(27-22(21)26,16-9-3-1-4-10-16)17-11-5-2-6-12-17/h1-14,25H,15H2. The van der Waals surface area contributed by atoms with Crippen molar-refractivity contribution >= 4 is 29.3 Å². The molecule has 0 amide bonds. The normalized spacial score (nSPS) is 16.0. The fourth-order valence-electron chi connectivity index (χ4n) is 3.32. The number of aliphatic hydroxyl groups is 1. The average Bonchev–Trinajstić information content (AvgIpc) is 2.73. The summed E-state index contributed by atoms with van der Waals surface area (Å²) in [5.41, 5.74) is 0.541. The fraction of sp³-hybridized carbons (Fsp3) is 0.0870. The highest BCUT2D eigenvalue weighted by Gasteiger charge is 2.45. The molecule has 0 saturated carbocycles. The van der Waals surface area contributed by atoms with Crippen molar-refractivity contribution < 1.29 is 14.6 Å². The summed E-state index contributed by atoms with van der Waals surface area (Å²) in [6, 6.07) is 26.2. The van der Waals surface area contributed by atoms with Crippen molar-refractivity contribution in [2.45, 2.75) is 16.9 Å². The Labute approximate surface area is 172 Å². The summed E-state index contributed by atoms with van der Waals surface area (Å²) in [6.45, 7) is 0. The van der Waals surface area contributed by atoms with Crippen LogP contribution in [0.2, 0.25) is 5.02 Å². The summed E-state index contributed by atoms with van der Waals surface area (Å²) in [4.78, 5) is 13.8. The van der Waals surface area contributed by atoms with Crippen molar-refractivity contribution in [3.63, 3.8) is 0 Å². The molecule has 0 bridgehead atoms. The molecule has 0 atom stereocenters. The Morgan fingerprint density at radius 1 is 0.857 bits per heavy atom. The van der Waals surface area contributed by atoms with Gasteiger partial charge in [0.2, 0.25) is 0 Å². The van der Waals surface area contributed by atoms with Crippen LogP contribution in [0.5, 0.6) is 0 Å². The summed E-state index contributed by atoms with van der Waals surface area (Å²) >= 11 is 7.33. The Morgan fingerprint density at radius 2 is 1.39 bits per heavy atom. The zero-order valence-electron chi connectivity index (χ0n) is 14.8. The van der Waals surface area contributed by atoms with Gasteiger partial charge in [0.25, 0.3) is 0 Å². The van der Waals surface area contributed by atoms with Crippen molar-refractivity contribution in [2.75, 3.05) is 0 Å². The van der Waals surface area contributed by atoms with Gasteiger partial charge in [-0.05, 0) is 12.1 Å². The number of benzene rings is 3. The molecule has 0 radical (unpaired) electrons. The molecule has 0 aromatic heterocycles. The van der Waals surface area contributed by atoms with E-state index >= 15 is 0 Å². The molecule has 28 heavy (non-hydrogen) atoms. The molecule has 4 rings (SSSR count). The molecule has 0 spiro atoms. The number of aliphatic hydroxyl groups excluding tert-OH is 1. The minimum Gasteiger partial charge on any atom is -0.511 e. The molecule has 0 unspecified atom stereocenters. The van der Waals surface area contributed by atoms with Crippen molar-refractivity contribution in [3.8, 4) is 0 Å². The molecule has 140 valence electrons. The van der Waals surface area contributed by atoms with Crippen LogP contribution in [0.1, 0.15) is 17.5 Å². The molecule has 3 aromatic carbocycles. The fourth-order valence-corrected chi connectivity index (χ4v) is 4.41. The van der Waals surface area contributed by atoms with E-state index in [9.17, 15) is 9.90 Å². The van der Waals surface area contributed by atoms with Crippen molar-refractivity contribution in [2.24, 2.45) is 0 Å². The lowest BCUT2D eigenvalue weighted by Crippen LogP contribution is -2.38. The average molecular weight is 409 g/mol. The van der Waals surface area contributed by atoms with Crippen molar-refractivity contribution in [3.05, 3.63) is 112 Å². The molecule has 0 aliphatic carbocycles. The van der Waals surface area contributed by atoms with E-state index in [-0.39, 0.29) is 17.1 Å². The number of rotatable bonds is 4. The van der Waals surface area contributed by atoms with Gasteiger partial charge in [-0.3, -0.25) is 0 Å². The number of cyclic esters (lactones) is 1. The zero-order chi connectivity index (χ0) is 19.6. The van der Waals surface area contributed by atoms with Crippen LogP contribution >= 0.6 is 23.4 Å².